The molecule has 2 nitrogen and oxygen atoms in total. The molecule has 2 heterocycles. The lowest BCUT2D eigenvalue weighted by atomic mass is 9.99. The van der Waals surface area contributed by atoms with Crippen LogP contribution in [0.3, 0.4) is 0 Å². The minimum absolute atomic E-state index is 0.681. The molecule has 0 saturated carbocycles. The van der Waals surface area contributed by atoms with Gasteiger partial charge in [0, 0.05) is 23.4 Å². The quantitative estimate of drug-likeness (QED) is 0.914. The molecule has 3 heteroatoms. The van der Waals surface area contributed by atoms with Gasteiger partial charge in [0.1, 0.15) is 0 Å². The number of aromatic nitrogens is 1. The van der Waals surface area contributed by atoms with Crippen LogP contribution in [0.15, 0.2) is 36.5 Å². The zero-order valence-corrected chi connectivity index (χ0v) is 11.2. The zero-order chi connectivity index (χ0) is 12.2. The van der Waals surface area contributed by atoms with E-state index in [0.717, 1.165) is 19.5 Å². The molecule has 3 rings (SSSR count). The molecule has 1 aliphatic rings. The van der Waals surface area contributed by atoms with Crippen molar-refractivity contribution in [3.63, 3.8) is 0 Å². The van der Waals surface area contributed by atoms with Crippen molar-refractivity contribution in [1.29, 1.82) is 0 Å². The molecule has 0 radical (unpaired) electrons. The molecule has 0 spiro atoms. The summed E-state index contributed by atoms with van der Waals surface area (Å²) < 4.78 is 0. The highest BCUT2D eigenvalue weighted by atomic mass is 32.1. The number of rotatable bonds is 3. The van der Waals surface area contributed by atoms with Crippen LogP contribution in [0.1, 0.15) is 34.2 Å². The van der Waals surface area contributed by atoms with Crippen LogP contribution in [0, 0.1) is 0 Å². The van der Waals surface area contributed by atoms with E-state index in [-0.39, 0.29) is 0 Å². The van der Waals surface area contributed by atoms with E-state index in [4.69, 9.17) is 0 Å². The van der Waals surface area contributed by atoms with Gasteiger partial charge in [0.2, 0.25) is 0 Å². The SMILES string of the molecule is c1ccc(Cc2cnc(C3CCNCC3)s2)cc1. The fourth-order valence-electron chi connectivity index (χ4n) is 2.46. The van der Waals surface area contributed by atoms with E-state index in [0.29, 0.717) is 5.92 Å². The van der Waals surface area contributed by atoms with Crippen molar-refractivity contribution in [2.45, 2.75) is 25.2 Å². The Balaban J connectivity index is 1.69. The number of hydrogen-bond donors (Lipinski definition) is 1. The highest BCUT2D eigenvalue weighted by molar-refractivity contribution is 7.11. The Hall–Kier alpha value is -1.19. The van der Waals surface area contributed by atoms with Gasteiger partial charge in [-0.05, 0) is 31.5 Å². The van der Waals surface area contributed by atoms with E-state index in [1.807, 2.05) is 11.3 Å². The summed E-state index contributed by atoms with van der Waals surface area (Å²) in [6.07, 6.45) is 5.55. The smallest absolute Gasteiger partial charge is 0.0959 e. The Morgan fingerprint density at radius 3 is 2.72 bits per heavy atom. The van der Waals surface area contributed by atoms with E-state index in [9.17, 15) is 0 Å². The van der Waals surface area contributed by atoms with Crippen LogP contribution in [0.25, 0.3) is 0 Å². The molecule has 0 bridgehead atoms. The van der Waals surface area contributed by atoms with Crippen LogP contribution in [0.2, 0.25) is 0 Å². The lowest BCUT2D eigenvalue weighted by molar-refractivity contribution is 0.459. The molecule has 94 valence electrons. The minimum Gasteiger partial charge on any atom is -0.317 e. The summed E-state index contributed by atoms with van der Waals surface area (Å²) >= 11 is 1.90. The van der Waals surface area contributed by atoms with Crippen molar-refractivity contribution < 1.29 is 0 Å². The molecule has 2 aromatic rings. The van der Waals surface area contributed by atoms with E-state index in [1.165, 1.54) is 28.3 Å². The second-order valence-electron chi connectivity index (χ2n) is 4.85. The van der Waals surface area contributed by atoms with Crippen LogP contribution < -0.4 is 5.32 Å². The maximum atomic E-state index is 4.63. The maximum absolute atomic E-state index is 4.63. The first-order chi connectivity index (χ1) is 8.92. The minimum atomic E-state index is 0.681. The molecule has 0 unspecified atom stereocenters. The Kier molecular flexibility index (Phi) is 3.72. The molecule has 1 N–H and O–H groups in total. The van der Waals surface area contributed by atoms with Gasteiger partial charge in [0.15, 0.2) is 0 Å². The third-order valence-electron chi connectivity index (χ3n) is 3.48. The number of nitrogens with zero attached hydrogens (tertiary/aromatic N) is 1. The fourth-order valence-corrected chi connectivity index (χ4v) is 3.58. The zero-order valence-electron chi connectivity index (χ0n) is 10.4. The summed E-state index contributed by atoms with van der Waals surface area (Å²) in [6, 6.07) is 10.6. The van der Waals surface area contributed by atoms with Crippen molar-refractivity contribution in [1.82, 2.24) is 10.3 Å². The van der Waals surface area contributed by atoms with Crippen LogP contribution in [-0.4, -0.2) is 18.1 Å². The van der Waals surface area contributed by atoms with E-state index < -0.39 is 0 Å². The van der Waals surface area contributed by atoms with Crippen LogP contribution >= 0.6 is 11.3 Å². The van der Waals surface area contributed by atoms with E-state index >= 15 is 0 Å². The van der Waals surface area contributed by atoms with Crippen LogP contribution in [-0.2, 0) is 6.42 Å². The predicted octanol–water partition coefficient (Wildman–Crippen LogP) is 3.20. The number of benzene rings is 1. The molecule has 1 aromatic carbocycles. The van der Waals surface area contributed by atoms with Crippen molar-refractivity contribution >= 4 is 11.3 Å². The Labute approximate surface area is 112 Å². The summed E-state index contributed by atoms with van der Waals surface area (Å²) in [7, 11) is 0. The van der Waals surface area contributed by atoms with Gasteiger partial charge in [-0.3, -0.25) is 0 Å². The third kappa shape index (κ3) is 2.79. The standard InChI is InChI=1S/C15H18N2S/c1-2-4-12(5-3-1)10-14-11-17-15(18-14)13-6-8-16-9-7-13/h1-5,11,13,16H,6-10H2. The van der Waals surface area contributed by atoms with Crippen LogP contribution in [0.4, 0.5) is 0 Å². The first kappa shape index (κ1) is 11.9. The maximum Gasteiger partial charge on any atom is 0.0959 e. The summed E-state index contributed by atoms with van der Waals surface area (Å²) in [4.78, 5) is 6.01. The Morgan fingerprint density at radius 1 is 1.17 bits per heavy atom. The molecule has 1 aliphatic heterocycles. The van der Waals surface area contributed by atoms with Gasteiger partial charge in [0.05, 0.1) is 5.01 Å². The largest absolute Gasteiger partial charge is 0.317 e. The summed E-state index contributed by atoms with van der Waals surface area (Å²) in [6.45, 7) is 2.27. The highest BCUT2D eigenvalue weighted by Crippen LogP contribution is 2.29. The molecule has 0 atom stereocenters. The summed E-state index contributed by atoms with van der Waals surface area (Å²) in [5.41, 5.74) is 1.37. The van der Waals surface area contributed by atoms with Gasteiger partial charge in [-0.25, -0.2) is 4.98 Å². The number of nitrogens with one attached hydrogen (secondary N) is 1. The van der Waals surface area contributed by atoms with Crippen molar-refractivity contribution in [2.24, 2.45) is 0 Å². The second kappa shape index (κ2) is 5.63. The predicted molar refractivity (Wildman–Crippen MR) is 76.2 cm³/mol. The first-order valence-electron chi connectivity index (χ1n) is 6.61. The lowest BCUT2D eigenvalue weighted by Gasteiger charge is -2.20. The molecular weight excluding hydrogens is 240 g/mol. The molecule has 1 aromatic heterocycles. The number of hydrogen-bond acceptors (Lipinski definition) is 3. The molecule has 18 heavy (non-hydrogen) atoms. The lowest BCUT2D eigenvalue weighted by Crippen LogP contribution is -2.26. The van der Waals surface area contributed by atoms with Crippen molar-refractivity contribution in [3.8, 4) is 0 Å². The van der Waals surface area contributed by atoms with Gasteiger partial charge in [-0.1, -0.05) is 30.3 Å². The average molecular weight is 258 g/mol. The van der Waals surface area contributed by atoms with Gasteiger partial charge < -0.3 is 5.32 Å². The second-order valence-corrected chi connectivity index (χ2v) is 6.00. The number of thiazole rings is 1. The van der Waals surface area contributed by atoms with Gasteiger partial charge in [0.25, 0.3) is 0 Å². The third-order valence-corrected chi connectivity index (χ3v) is 4.64. The Bertz CT molecular complexity index is 486. The van der Waals surface area contributed by atoms with E-state index in [1.54, 1.807) is 0 Å². The highest BCUT2D eigenvalue weighted by Gasteiger charge is 2.18. The van der Waals surface area contributed by atoms with Gasteiger partial charge in [-0.2, -0.15) is 0 Å². The van der Waals surface area contributed by atoms with Gasteiger partial charge in [-0.15, -0.1) is 11.3 Å². The molecule has 0 amide bonds. The number of piperidine rings is 1. The molecule has 0 aliphatic carbocycles. The normalized spacial score (nSPS) is 16.9. The first-order valence-corrected chi connectivity index (χ1v) is 7.43. The summed E-state index contributed by atoms with van der Waals surface area (Å²) in [5, 5.41) is 4.74. The Morgan fingerprint density at radius 2 is 1.94 bits per heavy atom. The summed E-state index contributed by atoms with van der Waals surface area (Å²) in [5.74, 6) is 0.681. The van der Waals surface area contributed by atoms with E-state index in [2.05, 4.69) is 46.8 Å². The average Bonchev–Trinajstić information content (AvgIpc) is 2.89. The fraction of sp³-hybridized carbons (Fsp3) is 0.400. The molecule has 1 saturated heterocycles. The van der Waals surface area contributed by atoms with Crippen molar-refractivity contribution in [2.75, 3.05) is 13.1 Å². The molecule has 1 fully saturated rings. The van der Waals surface area contributed by atoms with Crippen molar-refractivity contribution in [3.05, 3.63) is 52.0 Å². The topological polar surface area (TPSA) is 24.9 Å². The monoisotopic (exact) mass is 258 g/mol. The van der Waals surface area contributed by atoms with Gasteiger partial charge >= 0.3 is 0 Å². The van der Waals surface area contributed by atoms with Crippen LogP contribution in [0.5, 0.6) is 0 Å². The molecular formula is C15H18N2S.